The number of hydrogen-bond acceptors (Lipinski definition) is 3. The van der Waals surface area contributed by atoms with Gasteiger partial charge in [0.05, 0.1) is 13.1 Å². The molecule has 4 amide bonds. The number of nitrogens with one attached hydrogen (secondary N) is 3. The van der Waals surface area contributed by atoms with Gasteiger partial charge >= 0.3 is 6.03 Å². The van der Waals surface area contributed by atoms with Crippen LogP contribution >= 0.6 is 0 Å². The third-order valence-corrected chi connectivity index (χ3v) is 6.16. The van der Waals surface area contributed by atoms with Gasteiger partial charge < -0.3 is 15.6 Å². The van der Waals surface area contributed by atoms with E-state index in [0.29, 0.717) is 12.1 Å². The molecular formula is C27H24N4O3. The number of fused-ring (bicyclic) bond motifs is 1. The Bertz CT molecular complexity index is 1330. The fraction of sp³-hybridized carbons (Fsp3) is 0.148. The lowest BCUT2D eigenvalue weighted by Gasteiger charge is -2.18. The molecule has 5 rings (SSSR count). The van der Waals surface area contributed by atoms with Gasteiger partial charge in [-0.2, -0.15) is 0 Å². The number of hydrogen-bond donors (Lipinski definition) is 3. The van der Waals surface area contributed by atoms with E-state index in [1.54, 1.807) is 24.3 Å². The maximum atomic E-state index is 12.9. The Labute approximate surface area is 196 Å². The average molecular weight is 453 g/mol. The van der Waals surface area contributed by atoms with Crippen LogP contribution in [0.2, 0.25) is 0 Å². The first kappa shape index (κ1) is 21.5. The molecule has 0 bridgehead atoms. The lowest BCUT2D eigenvalue weighted by atomic mass is 9.91. The first-order chi connectivity index (χ1) is 16.6. The number of para-hydroxylation sites is 1. The summed E-state index contributed by atoms with van der Waals surface area (Å²) in [4.78, 5) is 40.9. The summed E-state index contributed by atoms with van der Waals surface area (Å²) in [5.41, 5.74) is 4.61. The molecule has 7 nitrogen and oxygen atoms in total. The fourth-order valence-corrected chi connectivity index (χ4v) is 4.33. The molecule has 1 atom stereocenters. The lowest BCUT2D eigenvalue weighted by molar-refractivity contribution is -0.125. The van der Waals surface area contributed by atoms with Crippen LogP contribution < -0.4 is 10.6 Å². The molecule has 1 aliphatic rings. The standard InChI is InChI=1S/C27H24N4O3/c32-25-16-30-27(34)31(25)17-18-10-12-20(13-11-18)26(33)29-14-22(19-6-2-1-3-7-19)23-15-28-24-9-5-4-8-21(23)24/h1-13,15,22,28H,14,16-17H2,(H,29,33)(H,30,34). The highest BCUT2D eigenvalue weighted by atomic mass is 16.2. The van der Waals surface area contributed by atoms with Crippen LogP contribution in [0.15, 0.2) is 85.1 Å². The highest BCUT2D eigenvalue weighted by molar-refractivity contribution is 6.01. The van der Waals surface area contributed by atoms with Gasteiger partial charge in [-0.15, -0.1) is 0 Å². The van der Waals surface area contributed by atoms with Crippen molar-refractivity contribution in [3.63, 3.8) is 0 Å². The summed E-state index contributed by atoms with van der Waals surface area (Å²) in [6.45, 7) is 0.649. The van der Waals surface area contributed by atoms with Gasteiger partial charge in [0.1, 0.15) is 0 Å². The van der Waals surface area contributed by atoms with E-state index in [9.17, 15) is 14.4 Å². The highest BCUT2D eigenvalue weighted by Gasteiger charge is 2.28. The molecule has 0 radical (unpaired) electrons. The second kappa shape index (κ2) is 9.23. The van der Waals surface area contributed by atoms with E-state index in [1.165, 1.54) is 4.90 Å². The van der Waals surface area contributed by atoms with E-state index < -0.39 is 6.03 Å². The quantitative estimate of drug-likeness (QED) is 0.373. The SMILES string of the molecule is O=C(NCC(c1ccccc1)c1c[nH]c2ccccc12)c1ccc(CN2C(=O)CNC2=O)cc1. The van der Waals surface area contributed by atoms with Crippen molar-refractivity contribution in [1.29, 1.82) is 0 Å². The first-order valence-electron chi connectivity index (χ1n) is 11.2. The Hall–Kier alpha value is -4.39. The molecule has 0 aliphatic carbocycles. The van der Waals surface area contributed by atoms with Gasteiger partial charge in [-0.25, -0.2) is 4.79 Å². The van der Waals surface area contributed by atoms with E-state index in [-0.39, 0.29) is 30.8 Å². The number of aromatic nitrogens is 1. The Morgan fingerprint density at radius 2 is 1.68 bits per heavy atom. The number of nitrogens with zero attached hydrogens (tertiary/aromatic N) is 1. The molecule has 1 fully saturated rings. The van der Waals surface area contributed by atoms with E-state index >= 15 is 0 Å². The van der Waals surface area contributed by atoms with Gasteiger partial charge in [-0.3, -0.25) is 14.5 Å². The monoisotopic (exact) mass is 452 g/mol. The average Bonchev–Trinajstić information content (AvgIpc) is 3.44. The van der Waals surface area contributed by atoms with Gasteiger partial charge in [0.2, 0.25) is 5.91 Å². The topological polar surface area (TPSA) is 94.3 Å². The lowest BCUT2D eigenvalue weighted by Crippen LogP contribution is -2.30. The van der Waals surface area contributed by atoms with Crippen molar-refractivity contribution in [2.45, 2.75) is 12.5 Å². The molecule has 1 aliphatic heterocycles. The van der Waals surface area contributed by atoms with Gasteiger partial charge in [0, 0.05) is 35.1 Å². The predicted molar refractivity (Wildman–Crippen MR) is 129 cm³/mol. The minimum Gasteiger partial charge on any atom is -0.361 e. The number of amides is 4. The maximum Gasteiger partial charge on any atom is 0.324 e. The van der Waals surface area contributed by atoms with Crippen molar-refractivity contribution in [2.75, 3.05) is 13.1 Å². The molecule has 1 saturated heterocycles. The minimum atomic E-state index is -0.393. The van der Waals surface area contributed by atoms with Crippen molar-refractivity contribution in [1.82, 2.24) is 20.5 Å². The zero-order valence-electron chi connectivity index (χ0n) is 18.5. The highest BCUT2D eigenvalue weighted by Crippen LogP contribution is 2.30. The Balaban J connectivity index is 1.31. The summed E-state index contributed by atoms with van der Waals surface area (Å²) < 4.78 is 0. The molecule has 2 heterocycles. The van der Waals surface area contributed by atoms with Crippen molar-refractivity contribution in [2.24, 2.45) is 0 Å². The minimum absolute atomic E-state index is 0.0136. The van der Waals surface area contributed by atoms with Gasteiger partial charge in [0.25, 0.3) is 5.91 Å². The summed E-state index contributed by atoms with van der Waals surface area (Å²) in [6, 6.07) is 24.8. The van der Waals surface area contributed by atoms with E-state index in [4.69, 9.17) is 0 Å². The van der Waals surface area contributed by atoms with Crippen molar-refractivity contribution in [3.8, 4) is 0 Å². The van der Waals surface area contributed by atoms with Crippen LogP contribution in [0.25, 0.3) is 10.9 Å². The number of urea groups is 1. The number of imide groups is 1. The van der Waals surface area contributed by atoms with Crippen molar-refractivity contribution < 1.29 is 14.4 Å². The van der Waals surface area contributed by atoms with Gasteiger partial charge in [-0.1, -0.05) is 60.7 Å². The number of H-pyrrole nitrogens is 1. The largest absolute Gasteiger partial charge is 0.361 e. The maximum absolute atomic E-state index is 12.9. The number of carbonyl (C=O) groups excluding carboxylic acids is 3. The van der Waals surface area contributed by atoms with Crippen LogP contribution in [0.1, 0.15) is 33.0 Å². The fourth-order valence-electron chi connectivity index (χ4n) is 4.33. The van der Waals surface area contributed by atoms with E-state index in [2.05, 4.69) is 33.8 Å². The van der Waals surface area contributed by atoms with Crippen LogP contribution in [0.5, 0.6) is 0 Å². The van der Waals surface area contributed by atoms with Crippen molar-refractivity contribution >= 4 is 28.7 Å². The van der Waals surface area contributed by atoms with Crippen LogP contribution in [0.4, 0.5) is 4.79 Å². The molecule has 0 spiro atoms. The normalized spacial score (nSPS) is 14.3. The molecule has 0 saturated carbocycles. The van der Waals surface area contributed by atoms with Crippen LogP contribution in [-0.2, 0) is 11.3 Å². The second-order valence-electron chi connectivity index (χ2n) is 8.30. The Morgan fingerprint density at radius 3 is 2.41 bits per heavy atom. The van der Waals surface area contributed by atoms with Crippen molar-refractivity contribution in [3.05, 3.63) is 107 Å². The molecule has 170 valence electrons. The molecule has 1 aromatic heterocycles. The third kappa shape index (κ3) is 4.28. The van der Waals surface area contributed by atoms with Crippen LogP contribution in [0, 0.1) is 0 Å². The molecule has 4 aromatic rings. The number of aromatic amines is 1. The summed E-state index contributed by atoms with van der Waals surface area (Å²) in [5.74, 6) is -0.446. The summed E-state index contributed by atoms with van der Waals surface area (Å²) >= 11 is 0. The molecule has 3 aromatic carbocycles. The number of benzene rings is 3. The molecule has 34 heavy (non-hydrogen) atoms. The van der Waals surface area contributed by atoms with Crippen LogP contribution in [0.3, 0.4) is 0 Å². The summed E-state index contributed by atoms with van der Waals surface area (Å²) in [6.07, 6.45) is 2.01. The number of carbonyl (C=O) groups is 3. The second-order valence-corrected chi connectivity index (χ2v) is 8.30. The molecule has 1 unspecified atom stereocenters. The predicted octanol–water partition coefficient (Wildman–Crippen LogP) is 3.78. The smallest absolute Gasteiger partial charge is 0.324 e. The zero-order chi connectivity index (χ0) is 23.5. The van der Waals surface area contributed by atoms with Gasteiger partial charge in [-0.05, 0) is 34.9 Å². The van der Waals surface area contributed by atoms with Gasteiger partial charge in [0.15, 0.2) is 0 Å². The Kier molecular flexibility index (Phi) is 5.82. The molecule has 7 heteroatoms. The summed E-state index contributed by atoms with van der Waals surface area (Å²) in [7, 11) is 0. The first-order valence-corrected chi connectivity index (χ1v) is 11.2. The number of rotatable bonds is 7. The summed E-state index contributed by atoms with van der Waals surface area (Å²) in [5, 5.41) is 6.71. The zero-order valence-corrected chi connectivity index (χ0v) is 18.5. The van der Waals surface area contributed by atoms with E-state index in [0.717, 1.165) is 27.6 Å². The Morgan fingerprint density at radius 1 is 0.941 bits per heavy atom. The third-order valence-electron chi connectivity index (χ3n) is 6.16. The molecule has 3 N–H and O–H groups in total. The van der Waals surface area contributed by atoms with Crippen LogP contribution in [-0.4, -0.2) is 40.8 Å². The van der Waals surface area contributed by atoms with E-state index in [1.807, 2.05) is 42.6 Å². The molecular weight excluding hydrogens is 428 g/mol.